The van der Waals surface area contributed by atoms with Gasteiger partial charge in [-0.2, -0.15) is 0 Å². The van der Waals surface area contributed by atoms with Crippen molar-refractivity contribution in [1.82, 2.24) is 9.55 Å². The number of benzene rings is 1. The highest BCUT2D eigenvalue weighted by atomic mass is 16.1. The molecule has 0 atom stereocenters. The van der Waals surface area contributed by atoms with Gasteiger partial charge in [0.15, 0.2) is 5.82 Å². The van der Waals surface area contributed by atoms with Crippen LogP contribution in [0.1, 0.15) is 24.5 Å². The lowest BCUT2D eigenvalue weighted by Gasteiger charge is -2.18. The van der Waals surface area contributed by atoms with Crippen LogP contribution in [0.15, 0.2) is 41.5 Å². The lowest BCUT2D eigenvalue weighted by molar-refractivity contribution is 0.644. The Kier molecular flexibility index (Phi) is 5.11. The van der Waals surface area contributed by atoms with Crippen LogP contribution in [-0.2, 0) is 19.6 Å². The van der Waals surface area contributed by atoms with E-state index in [4.69, 9.17) is 5.73 Å². The number of nitrogens with two attached hydrogens (primary N) is 1. The van der Waals surface area contributed by atoms with E-state index in [1.807, 2.05) is 36.2 Å². The van der Waals surface area contributed by atoms with Gasteiger partial charge in [0.1, 0.15) is 0 Å². The average Bonchev–Trinajstić information content (AvgIpc) is 2.50. The largest absolute Gasteiger partial charge is 0.351 e. The third kappa shape index (κ3) is 3.70. The quantitative estimate of drug-likeness (QED) is 0.878. The molecule has 1 aromatic carbocycles. The highest BCUT2D eigenvalue weighted by Gasteiger charge is 2.10. The second-order valence-electron chi connectivity index (χ2n) is 5.13. The zero-order chi connectivity index (χ0) is 15.2. The van der Waals surface area contributed by atoms with Crippen molar-refractivity contribution < 1.29 is 0 Å². The molecule has 0 aliphatic carbocycles. The first-order valence-electron chi connectivity index (χ1n) is 7.20. The van der Waals surface area contributed by atoms with E-state index < -0.39 is 0 Å². The molecule has 2 rings (SSSR count). The topological polar surface area (TPSA) is 64.2 Å². The van der Waals surface area contributed by atoms with Gasteiger partial charge in [0, 0.05) is 39.1 Å². The van der Waals surface area contributed by atoms with Crippen molar-refractivity contribution in [2.45, 2.75) is 33.0 Å². The number of hydrogen-bond donors (Lipinski definition) is 1. The van der Waals surface area contributed by atoms with Gasteiger partial charge in [0.2, 0.25) is 0 Å². The fourth-order valence-electron chi connectivity index (χ4n) is 2.24. The fourth-order valence-corrected chi connectivity index (χ4v) is 2.24. The Hall–Kier alpha value is -2.14. The van der Waals surface area contributed by atoms with Crippen LogP contribution in [0, 0.1) is 0 Å². The van der Waals surface area contributed by atoms with Gasteiger partial charge in [0.05, 0.1) is 0 Å². The molecular weight excluding hydrogens is 264 g/mol. The van der Waals surface area contributed by atoms with Crippen molar-refractivity contribution >= 4 is 5.82 Å². The average molecular weight is 286 g/mol. The van der Waals surface area contributed by atoms with Crippen LogP contribution >= 0.6 is 0 Å². The Morgan fingerprint density at radius 1 is 1.24 bits per heavy atom. The summed E-state index contributed by atoms with van der Waals surface area (Å²) in [6.45, 7) is 3.95. The van der Waals surface area contributed by atoms with Crippen molar-refractivity contribution in [3.8, 4) is 0 Å². The zero-order valence-corrected chi connectivity index (χ0v) is 12.6. The van der Waals surface area contributed by atoms with Gasteiger partial charge < -0.3 is 15.2 Å². The standard InChI is InChI=1S/C16H22N4O/c1-3-9-20-10-8-18-15(16(20)21)19(2)12-14-6-4-13(11-17)5-7-14/h4-8,10H,3,9,11-12,17H2,1-2H3. The monoisotopic (exact) mass is 286 g/mol. The number of aromatic nitrogens is 2. The summed E-state index contributed by atoms with van der Waals surface area (Å²) in [6.07, 6.45) is 4.34. The summed E-state index contributed by atoms with van der Waals surface area (Å²) in [5.41, 5.74) is 7.78. The molecule has 2 aromatic rings. The minimum atomic E-state index is -0.0413. The number of nitrogens with zero attached hydrogens (tertiary/aromatic N) is 3. The van der Waals surface area contributed by atoms with Gasteiger partial charge in [-0.15, -0.1) is 0 Å². The summed E-state index contributed by atoms with van der Waals surface area (Å²) in [5.74, 6) is 0.480. The summed E-state index contributed by atoms with van der Waals surface area (Å²) in [5, 5.41) is 0. The molecule has 0 unspecified atom stereocenters. The predicted octanol–water partition coefficient (Wildman–Crippen LogP) is 1.75. The Labute approximate surface area is 125 Å². The van der Waals surface area contributed by atoms with E-state index >= 15 is 0 Å². The van der Waals surface area contributed by atoms with E-state index in [0.717, 1.165) is 17.5 Å². The Morgan fingerprint density at radius 2 is 1.90 bits per heavy atom. The maximum atomic E-state index is 12.3. The lowest BCUT2D eigenvalue weighted by Crippen LogP contribution is -2.30. The number of rotatable bonds is 6. The molecule has 1 aromatic heterocycles. The predicted molar refractivity (Wildman–Crippen MR) is 85.2 cm³/mol. The Balaban J connectivity index is 2.17. The van der Waals surface area contributed by atoms with Gasteiger partial charge in [-0.1, -0.05) is 31.2 Å². The molecular formula is C16H22N4O. The minimum absolute atomic E-state index is 0.0413. The normalized spacial score (nSPS) is 10.6. The zero-order valence-electron chi connectivity index (χ0n) is 12.6. The molecule has 0 amide bonds. The Bertz CT molecular complexity index is 633. The van der Waals surface area contributed by atoms with Crippen LogP contribution in [0.25, 0.3) is 0 Å². The summed E-state index contributed by atoms with van der Waals surface area (Å²) in [7, 11) is 1.89. The van der Waals surface area contributed by atoms with Crippen LogP contribution in [0.5, 0.6) is 0 Å². The molecule has 0 saturated carbocycles. The molecule has 112 valence electrons. The van der Waals surface area contributed by atoms with Gasteiger partial charge in [-0.05, 0) is 17.5 Å². The molecule has 0 fully saturated rings. The summed E-state index contributed by atoms with van der Waals surface area (Å²) in [6, 6.07) is 8.09. The second kappa shape index (κ2) is 7.04. The highest BCUT2D eigenvalue weighted by molar-refractivity contribution is 5.36. The van der Waals surface area contributed by atoms with Gasteiger partial charge in [0.25, 0.3) is 5.56 Å². The molecule has 0 aliphatic rings. The maximum Gasteiger partial charge on any atom is 0.293 e. The summed E-state index contributed by atoms with van der Waals surface area (Å²) < 4.78 is 1.70. The lowest BCUT2D eigenvalue weighted by atomic mass is 10.1. The van der Waals surface area contributed by atoms with Crippen molar-refractivity contribution in [3.05, 3.63) is 58.1 Å². The molecule has 5 heteroatoms. The van der Waals surface area contributed by atoms with E-state index in [0.29, 0.717) is 25.5 Å². The van der Waals surface area contributed by atoms with E-state index in [-0.39, 0.29) is 5.56 Å². The van der Waals surface area contributed by atoms with E-state index in [2.05, 4.69) is 11.9 Å². The summed E-state index contributed by atoms with van der Waals surface area (Å²) >= 11 is 0. The first kappa shape index (κ1) is 15.3. The molecule has 5 nitrogen and oxygen atoms in total. The fraction of sp³-hybridized carbons (Fsp3) is 0.375. The van der Waals surface area contributed by atoms with Crippen LogP contribution < -0.4 is 16.2 Å². The SMILES string of the molecule is CCCn1ccnc(N(C)Cc2ccc(CN)cc2)c1=O. The van der Waals surface area contributed by atoms with Crippen LogP contribution in [-0.4, -0.2) is 16.6 Å². The van der Waals surface area contributed by atoms with Crippen molar-refractivity contribution in [3.63, 3.8) is 0 Å². The molecule has 0 bridgehead atoms. The summed E-state index contributed by atoms with van der Waals surface area (Å²) in [4.78, 5) is 18.4. The van der Waals surface area contributed by atoms with Crippen LogP contribution in [0.4, 0.5) is 5.82 Å². The van der Waals surface area contributed by atoms with Gasteiger partial charge in [-0.3, -0.25) is 4.79 Å². The van der Waals surface area contributed by atoms with Crippen molar-refractivity contribution in [2.24, 2.45) is 5.73 Å². The first-order chi connectivity index (χ1) is 10.2. The van der Waals surface area contributed by atoms with E-state index in [1.54, 1.807) is 17.0 Å². The molecule has 0 spiro atoms. The maximum absolute atomic E-state index is 12.3. The van der Waals surface area contributed by atoms with Crippen molar-refractivity contribution in [1.29, 1.82) is 0 Å². The number of anilines is 1. The smallest absolute Gasteiger partial charge is 0.293 e. The van der Waals surface area contributed by atoms with Crippen molar-refractivity contribution in [2.75, 3.05) is 11.9 Å². The third-order valence-electron chi connectivity index (χ3n) is 3.40. The van der Waals surface area contributed by atoms with Crippen LogP contribution in [0.3, 0.4) is 0 Å². The number of hydrogen-bond acceptors (Lipinski definition) is 4. The molecule has 0 aliphatic heterocycles. The molecule has 1 heterocycles. The van der Waals surface area contributed by atoms with Gasteiger partial charge >= 0.3 is 0 Å². The van der Waals surface area contributed by atoms with Crippen LogP contribution in [0.2, 0.25) is 0 Å². The van der Waals surface area contributed by atoms with E-state index in [9.17, 15) is 4.79 Å². The molecule has 21 heavy (non-hydrogen) atoms. The molecule has 0 radical (unpaired) electrons. The highest BCUT2D eigenvalue weighted by Crippen LogP contribution is 2.10. The Morgan fingerprint density at radius 3 is 2.52 bits per heavy atom. The van der Waals surface area contributed by atoms with E-state index in [1.165, 1.54) is 0 Å². The van der Waals surface area contributed by atoms with Gasteiger partial charge in [-0.25, -0.2) is 4.98 Å². The third-order valence-corrected chi connectivity index (χ3v) is 3.40. The molecule has 2 N–H and O–H groups in total. The number of aryl methyl sites for hydroxylation is 1. The molecule has 0 saturated heterocycles. The first-order valence-corrected chi connectivity index (χ1v) is 7.20. The minimum Gasteiger partial charge on any atom is -0.351 e. The second-order valence-corrected chi connectivity index (χ2v) is 5.13.